The van der Waals surface area contributed by atoms with Crippen LogP contribution in [0.15, 0.2) is 12.4 Å². The van der Waals surface area contributed by atoms with Crippen LogP contribution in [-0.4, -0.2) is 29.2 Å². The van der Waals surface area contributed by atoms with Crippen molar-refractivity contribution in [1.29, 1.82) is 0 Å². The Morgan fingerprint density at radius 3 is 2.56 bits per heavy atom. The normalized spacial score (nSPS) is 12.2. The predicted molar refractivity (Wildman–Crippen MR) is 68.0 cm³/mol. The second kappa shape index (κ2) is 5.28. The molecule has 0 saturated heterocycles. The molecule has 1 unspecified atom stereocenters. The first-order valence-corrected chi connectivity index (χ1v) is 6.10. The number of ether oxygens (including phenoxy) is 2. The second-order valence-electron chi connectivity index (χ2n) is 3.57. The highest BCUT2D eigenvalue weighted by Gasteiger charge is 2.19. The summed E-state index contributed by atoms with van der Waals surface area (Å²) in [6.45, 7) is 1.93. The van der Waals surface area contributed by atoms with Crippen molar-refractivity contribution in [3.63, 3.8) is 0 Å². The fraction of sp³-hybridized carbons (Fsp3) is 0.364. The topological polar surface area (TPSA) is 83.2 Å². The molecule has 2 N–H and O–H groups in total. The van der Waals surface area contributed by atoms with E-state index in [9.17, 15) is 0 Å². The molecule has 2 heterocycles. The molecule has 6 nitrogen and oxygen atoms in total. The molecule has 0 aliphatic carbocycles. The Morgan fingerprint density at radius 1 is 1.22 bits per heavy atom. The average Bonchev–Trinajstić information content (AvgIpc) is 2.83. The van der Waals surface area contributed by atoms with Crippen LogP contribution in [0.25, 0.3) is 0 Å². The highest BCUT2D eigenvalue weighted by molar-refractivity contribution is 7.11. The first-order valence-electron chi connectivity index (χ1n) is 5.28. The van der Waals surface area contributed by atoms with Crippen LogP contribution in [0.2, 0.25) is 0 Å². The van der Waals surface area contributed by atoms with Crippen LogP contribution < -0.4 is 15.2 Å². The van der Waals surface area contributed by atoms with Gasteiger partial charge < -0.3 is 15.2 Å². The van der Waals surface area contributed by atoms with Gasteiger partial charge >= 0.3 is 0 Å². The van der Waals surface area contributed by atoms with E-state index in [1.807, 2.05) is 6.92 Å². The van der Waals surface area contributed by atoms with Crippen molar-refractivity contribution >= 4 is 11.3 Å². The predicted octanol–water partition coefficient (Wildman–Crippen LogP) is 1.31. The minimum atomic E-state index is -0.399. The lowest BCUT2D eigenvalue weighted by atomic mass is 10.2. The van der Waals surface area contributed by atoms with E-state index in [2.05, 4.69) is 15.0 Å². The molecule has 1 atom stereocenters. The van der Waals surface area contributed by atoms with E-state index in [1.165, 1.54) is 31.8 Å². The minimum Gasteiger partial charge on any atom is -0.480 e. The third kappa shape index (κ3) is 2.41. The molecule has 0 bridgehead atoms. The molecule has 96 valence electrons. The van der Waals surface area contributed by atoms with Gasteiger partial charge in [0, 0.05) is 11.1 Å². The van der Waals surface area contributed by atoms with E-state index in [-0.39, 0.29) is 0 Å². The summed E-state index contributed by atoms with van der Waals surface area (Å²) in [5, 5.41) is 0.959. The van der Waals surface area contributed by atoms with Crippen molar-refractivity contribution in [1.82, 2.24) is 15.0 Å². The second-order valence-corrected chi connectivity index (χ2v) is 4.83. The van der Waals surface area contributed by atoms with Crippen LogP contribution in [-0.2, 0) is 0 Å². The molecule has 2 aromatic heterocycles. The number of aromatic nitrogens is 3. The lowest BCUT2D eigenvalue weighted by Crippen LogP contribution is -2.14. The molecule has 0 amide bonds. The molecule has 0 aromatic carbocycles. The largest absolute Gasteiger partial charge is 0.480 e. The van der Waals surface area contributed by atoms with Crippen molar-refractivity contribution < 1.29 is 9.47 Å². The van der Waals surface area contributed by atoms with E-state index >= 15 is 0 Å². The van der Waals surface area contributed by atoms with E-state index in [0.29, 0.717) is 17.5 Å². The Kier molecular flexibility index (Phi) is 3.73. The van der Waals surface area contributed by atoms with E-state index in [0.717, 1.165) is 9.88 Å². The summed E-state index contributed by atoms with van der Waals surface area (Å²) in [6, 6.07) is -0.399. The quantitative estimate of drug-likeness (QED) is 0.898. The molecule has 0 radical (unpaired) electrons. The summed E-state index contributed by atoms with van der Waals surface area (Å²) in [6.07, 6.45) is 3.27. The molecule has 0 fully saturated rings. The maximum absolute atomic E-state index is 6.14. The van der Waals surface area contributed by atoms with Crippen LogP contribution in [0, 0.1) is 6.92 Å². The zero-order valence-corrected chi connectivity index (χ0v) is 11.2. The van der Waals surface area contributed by atoms with E-state index in [1.54, 1.807) is 6.20 Å². The molecule has 0 aliphatic heterocycles. The van der Waals surface area contributed by atoms with Crippen molar-refractivity contribution in [2.24, 2.45) is 5.73 Å². The number of hydrogen-bond donors (Lipinski definition) is 1. The molecular weight excluding hydrogens is 252 g/mol. The van der Waals surface area contributed by atoms with Gasteiger partial charge in [-0.2, -0.15) is 4.98 Å². The number of rotatable bonds is 4. The Balaban J connectivity index is 2.38. The van der Waals surface area contributed by atoms with E-state index < -0.39 is 6.04 Å². The molecule has 0 spiro atoms. The van der Waals surface area contributed by atoms with E-state index in [4.69, 9.17) is 15.2 Å². The van der Waals surface area contributed by atoms with Crippen LogP contribution in [0.4, 0.5) is 0 Å². The minimum absolute atomic E-state index is 0.368. The standard InChI is InChI=1S/C11H14N4O2S/c1-6-13-4-7(18-6)9(12)10-11(17-3)15-8(16-2)5-14-10/h4-5,9H,12H2,1-3H3. The van der Waals surface area contributed by atoms with Crippen molar-refractivity contribution in [3.05, 3.63) is 28.0 Å². The monoisotopic (exact) mass is 266 g/mol. The zero-order chi connectivity index (χ0) is 13.1. The maximum Gasteiger partial charge on any atom is 0.240 e. The average molecular weight is 266 g/mol. The fourth-order valence-electron chi connectivity index (χ4n) is 1.48. The Labute approximate surface area is 109 Å². The first kappa shape index (κ1) is 12.7. The lowest BCUT2D eigenvalue weighted by Gasteiger charge is -2.12. The number of nitrogens with two attached hydrogens (primary N) is 1. The number of nitrogens with zero attached hydrogens (tertiary/aromatic N) is 3. The number of thiazole rings is 1. The molecule has 7 heteroatoms. The summed E-state index contributed by atoms with van der Waals surface area (Å²) in [5.41, 5.74) is 6.72. The summed E-state index contributed by atoms with van der Waals surface area (Å²) >= 11 is 1.53. The third-order valence-electron chi connectivity index (χ3n) is 2.39. The highest BCUT2D eigenvalue weighted by Crippen LogP contribution is 2.29. The fourth-order valence-corrected chi connectivity index (χ4v) is 2.27. The summed E-state index contributed by atoms with van der Waals surface area (Å²) in [4.78, 5) is 13.5. The number of hydrogen-bond acceptors (Lipinski definition) is 7. The van der Waals surface area contributed by atoms with Crippen molar-refractivity contribution in [3.8, 4) is 11.8 Å². The van der Waals surface area contributed by atoms with Crippen LogP contribution in [0.1, 0.15) is 21.6 Å². The maximum atomic E-state index is 6.14. The van der Waals surface area contributed by atoms with Gasteiger partial charge in [0.2, 0.25) is 11.8 Å². The SMILES string of the molecule is COc1cnc(C(N)c2cnc(C)s2)c(OC)n1. The van der Waals surface area contributed by atoms with Gasteiger partial charge in [-0.05, 0) is 6.92 Å². The molecule has 2 aromatic rings. The summed E-state index contributed by atoms with van der Waals surface area (Å²) < 4.78 is 10.2. The van der Waals surface area contributed by atoms with Crippen LogP contribution >= 0.6 is 11.3 Å². The lowest BCUT2D eigenvalue weighted by molar-refractivity contribution is 0.355. The van der Waals surface area contributed by atoms with Gasteiger partial charge in [0.1, 0.15) is 5.69 Å². The highest BCUT2D eigenvalue weighted by atomic mass is 32.1. The van der Waals surface area contributed by atoms with Crippen LogP contribution in [0.3, 0.4) is 0 Å². The number of methoxy groups -OCH3 is 2. The third-order valence-corrected chi connectivity index (χ3v) is 3.38. The van der Waals surface area contributed by atoms with Gasteiger partial charge in [0.05, 0.1) is 31.5 Å². The molecular formula is C11H14N4O2S. The molecule has 18 heavy (non-hydrogen) atoms. The van der Waals surface area contributed by atoms with Crippen molar-refractivity contribution in [2.75, 3.05) is 14.2 Å². The van der Waals surface area contributed by atoms with Gasteiger partial charge in [-0.25, -0.2) is 9.97 Å². The molecule has 2 rings (SSSR count). The number of aryl methyl sites for hydroxylation is 1. The molecule has 0 aliphatic rings. The Morgan fingerprint density at radius 2 is 2.00 bits per heavy atom. The van der Waals surface area contributed by atoms with Gasteiger partial charge in [-0.3, -0.25) is 0 Å². The van der Waals surface area contributed by atoms with Gasteiger partial charge in [-0.1, -0.05) is 0 Å². The van der Waals surface area contributed by atoms with Crippen LogP contribution in [0.5, 0.6) is 11.8 Å². The van der Waals surface area contributed by atoms with Gasteiger partial charge in [0.15, 0.2) is 0 Å². The summed E-state index contributed by atoms with van der Waals surface area (Å²) in [5.74, 6) is 0.760. The zero-order valence-electron chi connectivity index (χ0n) is 10.4. The Bertz CT molecular complexity index is 544. The smallest absolute Gasteiger partial charge is 0.240 e. The summed E-state index contributed by atoms with van der Waals surface area (Å²) in [7, 11) is 3.05. The first-order chi connectivity index (χ1) is 8.65. The van der Waals surface area contributed by atoms with Gasteiger partial charge in [-0.15, -0.1) is 11.3 Å². The molecule has 0 saturated carbocycles. The Hall–Kier alpha value is -1.73. The van der Waals surface area contributed by atoms with Crippen molar-refractivity contribution in [2.45, 2.75) is 13.0 Å². The van der Waals surface area contributed by atoms with Gasteiger partial charge in [0.25, 0.3) is 0 Å².